The molecule has 0 N–H and O–H groups in total. The zero-order chi connectivity index (χ0) is 6.04. The molecule has 0 saturated heterocycles. The van der Waals surface area contributed by atoms with Crippen molar-refractivity contribution in [1.29, 1.82) is 0 Å². The van der Waals surface area contributed by atoms with Crippen LogP contribution in [-0.2, 0) is 0 Å². The third kappa shape index (κ3) is 0.940. The highest BCUT2D eigenvalue weighted by molar-refractivity contribution is 9.09. The van der Waals surface area contributed by atoms with Crippen LogP contribution in [0, 0.1) is 0 Å². The highest BCUT2D eigenvalue weighted by Gasteiger charge is 2.22. The molecule has 0 aromatic carbocycles. The number of nitrogens with zero attached hydrogens (tertiary/aromatic N) is 3. The van der Waals surface area contributed by atoms with Crippen LogP contribution in [0.3, 0.4) is 0 Å². The van der Waals surface area contributed by atoms with Gasteiger partial charge in [0.25, 0.3) is 0 Å². The second kappa shape index (κ2) is 1.93. The molecule has 1 aliphatic heterocycles. The molecule has 0 saturated carbocycles. The van der Waals surface area contributed by atoms with Gasteiger partial charge in [0.15, 0.2) is 0 Å². The van der Waals surface area contributed by atoms with Crippen LogP contribution in [0.4, 0.5) is 0 Å². The molecule has 8 heavy (non-hydrogen) atoms. The van der Waals surface area contributed by atoms with E-state index in [1.54, 1.807) is 6.21 Å². The first-order valence-electron chi connectivity index (χ1n) is 2.29. The zero-order valence-electron chi connectivity index (χ0n) is 4.50. The van der Waals surface area contributed by atoms with E-state index < -0.39 is 0 Å². The lowest BCUT2D eigenvalue weighted by molar-refractivity contribution is 0.708. The SMILES string of the molecule is CC1(CBr)C=NN=N1. The molecule has 1 heterocycles. The van der Waals surface area contributed by atoms with Crippen LogP contribution in [0.25, 0.3) is 0 Å². The predicted molar refractivity (Wildman–Crippen MR) is 35.5 cm³/mol. The summed E-state index contributed by atoms with van der Waals surface area (Å²) in [6.45, 7) is 1.96. The Bertz CT molecular complexity index is 128. The van der Waals surface area contributed by atoms with Crippen molar-refractivity contribution in [3.8, 4) is 0 Å². The van der Waals surface area contributed by atoms with Crippen molar-refractivity contribution in [2.75, 3.05) is 5.33 Å². The summed E-state index contributed by atoms with van der Waals surface area (Å²) in [5.74, 6) is 0. The Hall–Kier alpha value is -0.250. The Morgan fingerprint density at radius 1 is 1.75 bits per heavy atom. The van der Waals surface area contributed by atoms with Gasteiger partial charge in [-0.1, -0.05) is 15.9 Å². The first kappa shape index (κ1) is 5.88. The lowest BCUT2D eigenvalue weighted by Gasteiger charge is -2.07. The normalized spacial score (nSPS) is 34.2. The molecular weight excluding hydrogens is 170 g/mol. The molecule has 1 rings (SSSR count). The van der Waals surface area contributed by atoms with E-state index in [2.05, 4.69) is 31.4 Å². The number of hydrogen-bond donors (Lipinski definition) is 0. The topological polar surface area (TPSA) is 37.1 Å². The third-order valence-corrected chi connectivity index (χ3v) is 2.07. The van der Waals surface area contributed by atoms with Crippen molar-refractivity contribution in [1.82, 2.24) is 0 Å². The van der Waals surface area contributed by atoms with Crippen LogP contribution in [-0.4, -0.2) is 17.1 Å². The summed E-state index contributed by atoms with van der Waals surface area (Å²) in [4.78, 5) is 0. The van der Waals surface area contributed by atoms with Crippen molar-refractivity contribution in [3.05, 3.63) is 0 Å². The van der Waals surface area contributed by atoms with Gasteiger partial charge in [-0.05, 0) is 12.1 Å². The molecule has 0 amide bonds. The fraction of sp³-hybridized carbons (Fsp3) is 0.750. The Kier molecular flexibility index (Phi) is 1.42. The van der Waals surface area contributed by atoms with Gasteiger partial charge < -0.3 is 0 Å². The summed E-state index contributed by atoms with van der Waals surface area (Å²) < 4.78 is 0. The average Bonchev–Trinajstić information content (AvgIpc) is 2.17. The number of hydrogen-bond acceptors (Lipinski definition) is 3. The van der Waals surface area contributed by atoms with Crippen LogP contribution in [0.5, 0.6) is 0 Å². The van der Waals surface area contributed by atoms with Crippen LogP contribution in [0.2, 0.25) is 0 Å². The van der Waals surface area contributed by atoms with Crippen molar-refractivity contribution >= 4 is 22.1 Å². The number of rotatable bonds is 1. The fourth-order valence-corrected chi connectivity index (χ4v) is 0.622. The van der Waals surface area contributed by atoms with Gasteiger partial charge in [-0.15, -0.1) is 5.10 Å². The molecule has 4 heteroatoms. The monoisotopic (exact) mass is 175 g/mol. The van der Waals surface area contributed by atoms with Crippen molar-refractivity contribution in [2.24, 2.45) is 15.4 Å². The molecule has 1 atom stereocenters. The third-order valence-electron chi connectivity index (χ3n) is 0.931. The maximum atomic E-state index is 3.84. The van der Waals surface area contributed by atoms with Crippen LogP contribution >= 0.6 is 15.9 Å². The largest absolute Gasteiger partial charge is 0.156 e. The zero-order valence-corrected chi connectivity index (χ0v) is 6.09. The van der Waals surface area contributed by atoms with Crippen molar-refractivity contribution < 1.29 is 0 Å². The van der Waals surface area contributed by atoms with Gasteiger partial charge in [0.2, 0.25) is 0 Å². The van der Waals surface area contributed by atoms with Gasteiger partial charge in [0.1, 0.15) is 5.54 Å². The van der Waals surface area contributed by atoms with Crippen LogP contribution < -0.4 is 0 Å². The fourth-order valence-electron chi connectivity index (χ4n) is 0.365. The van der Waals surface area contributed by atoms with E-state index in [0.29, 0.717) is 0 Å². The van der Waals surface area contributed by atoms with Gasteiger partial charge in [0.05, 0.1) is 6.21 Å². The summed E-state index contributed by atoms with van der Waals surface area (Å²) in [6, 6.07) is 0. The lowest BCUT2D eigenvalue weighted by atomic mass is 10.1. The molecule has 0 radical (unpaired) electrons. The van der Waals surface area contributed by atoms with Gasteiger partial charge in [-0.3, -0.25) is 0 Å². The van der Waals surface area contributed by atoms with E-state index in [4.69, 9.17) is 0 Å². The Labute approximate surface area is 56.0 Å². The standard InChI is InChI=1S/C4H6BrN3/c1-4(2-5)3-6-8-7-4/h3H,2H2,1H3. The summed E-state index contributed by atoms with van der Waals surface area (Å²) in [5.41, 5.74) is -0.181. The molecule has 0 spiro atoms. The quantitative estimate of drug-likeness (QED) is 0.544. The summed E-state index contributed by atoms with van der Waals surface area (Å²) in [7, 11) is 0. The summed E-state index contributed by atoms with van der Waals surface area (Å²) in [6.07, 6.45) is 1.72. The molecule has 0 aromatic heterocycles. The van der Waals surface area contributed by atoms with Gasteiger partial charge in [-0.2, -0.15) is 5.11 Å². The summed E-state index contributed by atoms with van der Waals surface area (Å²) in [5, 5.41) is 11.7. The van der Waals surface area contributed by atoms with Crippen molar-refractivity contribution in [3.63, 3.8) is 0 Å². The number of alkyl halides is 1. The molecule has 0 fully saturated rings. The predicted octanol–water partition coefficient (Wildman–Crippen LogP) is 1.59. The van der Waals surface area contributed by atoms with Crippen molar-refractivity contribution in [2.45, 2.75) is 12.5 Å². The Balaban J connectivity index is 2.69. The molecule has 0 bridgehead atoms. The van der Waals surface area contributed by atoms with Gasteiger partial charge in [0, 0.05) is 5.33 Å². The highest BCUT2D eigenvalue weighted by Crippen LogP contribution is 2.15. The first-order chi connectivity index (χ1) is 3.77. The Morgan fingerprint density at radius 3 is 2.75 bits per heavy atom. The van der Waals surface area contributed by atoms with E-state index in [0.717, 1.165) is 5.33 Å². The minimum atomic E-state index is -0.181. The maximum absolute atomic E-state index is 3.84. The number of halogens is 1. The van der Waals surface area contributed by atoms with E-state index in [1.165, 1.54) is 0 Å². The molecule has 1 unspecified atom stereocenters. The molecule has 0 aliphatic carbocycles. The van der Waals surface area contributed by atoms with Crippen LogP contribution in [0.1, 0.15) is 6.92 Å². The van der Waals surface area contributed by atoms with Crippen LogP contribution in [0.15, 0.2) is 15.4 Å². The van der Waals surface area contributed by atoms with E-state index in [9.17, 15) is 0 Å². The molecule has 3 nitrogen and oxygen atoms in total. The smallest absolute Gasteiger partial charge is 0.127 e. The highest BCUT2D eigenvalue weighted by atomic mass is 79.9. The minimum absolute atomic E-state index is 0.181. The van der Waals surface area contributed by atoms with Gasteiger partial charge >= 0.3 is 0 Å². The summed E-state index contributed by atoms with van der Waals surface area (Å²) >= 11 is 3.29. The molecule has 44 valence electrons. The molecule has 0 aromatic rings. The Morgan fingerprint density at radius 2 is 2.50 bits per heavy atom. The molecule has 1 aliphatic rings. The second-order valence-corrected chi connectivity index (χ2v) is 2.49. The average molecular weight is 176 g/mol. The van der Waals surface area contributed by atoms with E-state index in [-0.39, 0.29) is 5.54 Å². The maximum Gasteiger partial charge on any atom is 0.127 e. The minimum Gasteiger partial charge on any atom is -0.156 e. The van der Waals surface area contributed by atoms with E-state index >= 15 is 0 Å². The van der Waals surface area contributed by atoms with E-state index in [1.807, 2.05) is 6.92 Å². The second-order valence-electron chi connectivity index (χ2n) is 1.92. The molecular formula is C4H6BrN3. The first-order valence-corrected chi connectivity index (χ1v) is 3.41. The lowest BCUT2D eigenvalue weighted by Crippen LogP contribution is -2.22. The van der Waals surface area contributed by atoms with Gasteiger partial charge in [-0.25, -0.2) is 0 Å².